The fourth-order valence-corrected chi connectivity index (χ4v) is 3.14. The largest absolute Gasteiger partial charge is 0.493 e. The van der Waals surface area contributed by atoms with Gasteiger partial charge >= 0.3 is 5.97 Å². The van der Waals surface area contributed by atoms with Crippen LogP contribution in [0.15, 0.2) is 42.5 Å². The molecule has 1 aliphatic heterocycles. The summed E-state index contributed by atoms with van der Waals surface area (Å²) >= 11 is 0. The average molecular weight is 400 g/mol. The lowest BCUT2D eigenvalue weighted by Gasteiger charge is -2.18. The Kier molecular flexibility index (Phi) is 5.96. The van der Waals surface area contributed by atoms with Gasteiger partial charge in [-0.25, -0.2) is 0 Å². The molecular formula is C20H20N2O7. The van der Waals surface area contributed by atoms with Crippen molar-refractivity contribution in [3.05, 3.63) is 58.1 Å². The predicted molar refractivity (Wildman–Crippen MR) is 103 cm³/mol. The highest BCUT2D eigenvalue weighted by Crippen LogP contribution is 2.34. The second-order valence-electron chi connectivity index (χ2n) is 6.48. The minimum absolute atomic E-state index is 0.0299. The smallest absolute Gasteiger partial charge is 0.311 e. The summed E-state index contributed by atoms with van der Waals surface area (Å²) in [7, 11) is 3.02. The number of amides is 1. The van der Waals surface area contributed by atoms with Crippen LogP contribution in [0, 0.1) is 16.0 Å². The maximum absolute atomic E-state index is 12.4. The van der Waals surface area contributed by atoms with Crippen molar-refractivity contribution in [1.82, 2.24) is 0 Å². The number of anilines is 1. The zero-order valence-corrected chi connectivity index (χ0v) is 16.0. The van der Waals surface area contributed by atoms with E-state index >= 15 is 0 Å². The maximum atomic E-state index is 12.4. The van der Waals surface area contributed by atoms with Gasteiger partial charge in [-0.2, -0.15) is 0 Å². The lowest BCUT2D eigenvalue weighted by Crippen LogP contribution is -2.26. The summed E-state index contributed by atoms with van der Waals surface area (Å²) in [6.07, 6.45) is 0.0299. The van der Waals surface area contributed by atoms with Gasteiger partial charge in [0, 0.05) is 36.9 Å². The lowest BCUT2D eigenvalue weighted by molar-refractivity contribution is -0.384. The van der Waals surface area contributed by atoms with Gasteiger partial charge in [-0.3, -0.25) is 19.7 Å². The van der Waals surface area contributed by atoms with Gasteiger partial charge in [0.1, 0.15) is 6.61 Å². The molecule has 1 atom stereocenters. The molecule has 0 radical (unpaired) electrons. The van der Waals surface area contributed by atoms with Crippen LogP contribution in [0.2, 0.25) is 0 Å². The second-order valence-corrected chi connectivity index (χ2v) is 6.48. The van der Waals surface area contributed by atoms with Crippen molar-refractivity contribution in [1.29, 1.82) is 0 Å². The van der Waals surface area contributed by atoms with Crippen LogP contribution in [0.1, 0.15) is 12.0 Å². The van der Waals surface area contributed by atoms with Gasteiger partial charge in [-0.05, 0) is 17.7 Å². The Bertz CT molecular complexity index is 944. The number of hydrogen-bond acceptors (Lipinski definition) is 7. The minimum Gasteiger partial charge on any atom is -0.493 e. The van der Waals surface area contributed by atoms with E-state index in [1.807, 2.05) is 0 Å². The number of methoxy groups -OCH3 is 2. The summed E-state index contributed by atoms with van der Waals surface area (Å²) in [5.74, 6) is -0.318. The molecule has 29 heavy (non-hydrogen) atoms. The van der Waals surface area contributed by atoms with Crippen molar-refractivity contribution in [2.24, 2.45) is 5.92 Å². The molecule has 0 saturated carbocycles. The summed E-state index contributed by atoms with van der Waals surface area (Å²) in [5, 5.41) is 10.8. The van der Waals surface area contributed by atoms with E-state index in [4.69, 9.17) is 14.2 Å². The molecule has 1 saturated heterocycles. The van der Waals surface area contributed by atoms with Crippen molar-refractivity contribution < 1.29 is 28.7 Å². The quantitative estimate of drug-likeness (QED) is 0.399. The van der Waals surface area contributed by atoms with E-state index in [0.29, 0.717) is 22.7 Å². The number of nitrogens with zero attached hydrogens (tertiary/aromatic N) is 2. The monoisotopic (exact) mass is 400 g/mol. The van der Waals surface area contributed by atoms with Gasteiger partial charge in [0.2, 0.25) is 5.91 Å². The van der Waals surface area contributed by atoms with Gasteiger partial charge in [-0.15, -0.1) is 0 Å². The molecule has 9 nitrogen and oxygen atoms in total. The highest BCUT2D eigenvalue weighted by molar-refractivity contribution is 5.99. The zero-order chi connectivity index (χ0) is 21.0. The number of rotatable bonds is 7. The summed E-state index contributed by atoms with van der Waals surface area (Å²) < 4.78 is 15.7. The minimum atomic E-state index is -0.616. The summed E-state index contributed by atoms with van der Waals surface area (Å²) in [4.78, 5) is 36.6. The Morgan fingerprint density at radius 3 is 2.62 bits per heavy atom. The standard InChI is InChI=1S/C20H20N2O7/c1-27-17-7-6-15(10-18(17)28-2)21-11-14(9-19(21)23)20(24)29-12-13-4-3-5-16(8-13)22(25)26/h3-8,10,14H,9,11-12H2,1-2H3. The molecule has 3 rings (SSSR count). The number of non-ortho nitro benzene ring substituents is 1. The van der Waals surface area contributed by atoms with Crippen LogP contribution in [0.3, 0.4) is 0 Å². The maximum Gasteiger partial charge on any atom is 0.311 e. The molecule has 1 aliphatic rings. The van der Waals surface area contributed by atoms with Crippen LogP contribution in [-0.2, 0) is 20.9 Å². The molecule has 0 bridgehead atoms. The number of benzene rings is 2. The van der Waals surface area contributed by atoms with E-state index in [-0.39, 0.29) is 31.2 Å². The number of esters is 1. The normalized spacial score (nSPS) is 15.9. The van der Waals surface area contributed by atoms with E-state index in [1.165, 1.54) is 37.3 Å². The van der Waals surface area contributed by atoms with Crippen LogP contribution in [0.4, 0.5) is 11.4 Å². The van der Waals surface area contributed by atoms with Gasteiger partial charge in [0.25, 0.3) is 5.69 Å². The Morgan fingerprint density at radius 1 is 1.17 bits per heavy atom. The number of nitro benzene ring substituents is 1. The van der Waals surface area contributed by atoms with E-state index in [1.54, 1.807) is 24.3 Å². The molecule has 1 heterocycles. The summed E-state index contributed by atoms with van der Waals surface area (Å²) in [5.41, 5.74) is 1.03. The SMILES string of the molecule is COc1ccc(N2CC(C(=O)OCc3cccc([N+](=O)[O-])c3)CC2=O)cc1OC. The fraction of sp³-hybridized carbons (Fsp3) is 0.300. The highest BCUT2D eigenvalue weighted by atomic mass is 16.6. The molecule has 0 aromatic heterocycles. The number of nitro groups is 1. The van der Waals surface area contributed by atoms with Crippen molar-refractivity contribution in [2.45, 2.75) is 13.0 Å². The van der Waals surface area contributed by atoms with Gasteiger partial charge in [0.15, 0.2) is 11.5 Å². The molecule has 0 aliphatic carbocycles. The van der Waals surface area contributed by atoms with Crippen LogP contribution in [-0.4, -0.2) is 37.6 Å². The third kappa shape index (κ3) is 4.45. The van der Waals surface area contributed by atoms with Crippen LogP contribution >= 0.6 is 0 Å². The van der Waals surface area contributed by atoms with Crippen molar-refractivity contribution in [2.75, 3.05) is 25.7 Å². The van der Waals surface area contributed by atoms with Gasteiger partial charge < -0.3 is 19.1 Å². The van der Waals surface area contributed by atoms with Crippen LogP contribution in [0.25, 0.3) is 0 Å². The molecule has 1 unspecified atom stereocenters. The zero-order valence-electron chi connectivity index (χ0n) is 16.0. The molecule has 152 valence electrons. The van der Waals surface area contributed by atoms with Crippen molar-refractivity contribution >= 4 is 23.3 Å². The molecule has 9 heteroatoms. The molecule has 0 N–H and O–H groups in total. The lowest BCUT2D eigenvalue weighted by atomic mass is 10.1. The van der Waals surface area contributed by atoms with Crippen LogP contribution in [0.5, 0.6) is 11.5 Å². The third-order valence-corrected chi connectivity index (χ3v) is 4.64. The fourth-order valence-electron chi connectivity index (χ4n) is 3.14. The van der Waals surface area contributed by atoms with Gasteiger partial charge in [-0.1, -0.05) is 12.1 Å². The number of hydrogen-bond donors (Lipinski definition) is 0. The van der Waals surface area contributed by atoms with E-state index < -0.39 is 16.8 Å². The van der Waals surface area contributed by atoms with Crippen molar-refractivity contribution in [3.8, 4) is 11.5 Å². The average Bonchev–Trinajstić information content (AvgIpc) is 3.13. The topological polar surface area (TPSA) is 108 Å². The molecule has 2 aromatic carbocycles. The number of ether oxygens (including phenoxy) is 3. The first-order valence-electron chi connectivity index (χ1n) is 8.85. The Labute approximate surface area is 166 Å². The molecule has 1 amide bonds. The highest BCUT2D eigenvalue weighted by Gasteiger charge is 2.36. The molecular weight excluding hydrogens is 380 g/mol. The molecule has 1 fully saturated rings. The van der Waals surface area contributed by atoms with Crippen LogP contribution < -0.4 is 14.4 Å². The predicted octanol–water partition coefficient (Wildman–Crippen LogP) is 2.71. The van der Waals surface area contributed by atoms with Crippen molar-refractivity contribution in [3.63, 3.8) is 0 Å². The number of carbonyl (C=O) groups excluding carboxylic acids is 2. The first-order valence-corrected chi connectivity index (χ1v) is 8.85. The van der Waals surface area contributed by atoms with E-state index in [9.17, 15) is 19.7 Å². The molecule has 2 aromatic rings. The summed E-state index contributed by atoms with van der Waals surface area (Å²) in [6.45, 7) is 0.0870. The first kappa shape index (κ1) is 20.1. The van der Waals surface area contributed by atoms with E-state index in [0.717, 1.165) is 0 Å². The first-order chi connectivity index (χ1) is 13.9. The third-order valence-electron chi connectivity index (χ3n) is 4.64. The Balaban J connectivity index is 1.64. The second kappa shape index (κ2) is 8.59. The Hall–Kier alpha value is -3.62. The molecule has 0 spiro atoms. The Morgan fingerprint density at radius 2 is 1.93 bits per heavy atom. The van der Waals surface area contributed by atoms with E-state index in [2.05, 4.69) is 0 Å². The van der Waals surface area contributed by atoms with Gasteiger partial charge in [0.05, 0.1) is 25.1 Å². The summed E-state index contributed by atoms with van der Waals surface area (Å²) in [6, 6.07) is 11.0. The number of carbonyl (C=O) groups is 2.